The molecule has 1 unspecified atom stereocenters. The Bertz CT molecular complexity index is 837. The lowest BCUT2D eigenvalue weighted by atomic mass is 10.1. The van der Waals surface area contributed by atoms with Crippen LogP contribution < -0.4 is 5.32 Å². The molecule has 0 saturated carbocycles. The van der Waals surface area contributed by atoms with E-state index < -0.39 is 0 Å². The Morgan fingerprint density at radius 1 is 1.32 bits per heavy atom. The number of esters is 1. The van der Waals surface area contributed by atoms with Gasteiger partial charge in [0.2, 0.25) is 11.8 Å². The van der Waals surface area contributed by atoms with E-state index in [4.69, 9.17) is 4.74 Å². The van der Waals surface area contributed by atoms with Gasteiger partial charge in [-0.1, -0.05) is 30.3 Å². The van der Waals surface area contributed by atoms with Crippen LogP contribution in [-0.4, -0.2) is 47.4 Å². The van der Waals surface area contributed by atoms with Crippen LogP contribution in [0.5, 0.6) is 0 Å². The molecule has 0 bridgehead atoms. The molecule has 1 saturated heterocycles. The zero-order valence-electron chi connectivity index (χ0n) is 15.7. The van der Waals surface area contributed by atoms with Crippen LogP contribution in [0.4, 0.5) is 5.13 Å². The SMILES string of the molecule is CCOC(=O)Cc1csc(NC(=O)C2CC(=O)N(CCc3ccccc3)C2)n1. The lowest BCUT2D eigenvalue weighted by molar-refractivity contribution is -0.142. The Kier molecular flexibility index (Phi) is 6.76. The second-order valence-corrected chi connectivity index (χ2v) is 7.45. The molecule has 2 aromatic rings. The van der Waals surface area contributed by atoms with Crippen molar-refractivity contribution in [2.45, 2.75) is 26.2 Å². The number of anilines is 1. The topological polar surface area (TPSA) is 88.6 Å². The molecule has 7 nitrogen and oxygen atoms in total. The van der Waals surface area contributed by atoms with Crippen LogP contribution in [0, 0.1) is 5.92 Å². The summed E-state index contributed by atoms with van der Waals surface area (Å²) >= 11 is 1.26. The van der Waals surface area contributed by atoms with Gasteiger partial charge < -0.3 is 15.0 Å². The summed E-state index contributed by atoms with van der Waals surface area (Å²) in [5.41, 5.74) is 1.73. The number of rotatable bonds is 8. The molecule has 1 aromatic carbocycles. The van der Waals surface area contributed by atoms with Crippen molar-refractivity contribution in [3.8, 4) is 0 Å². The third kappa shape index (κ3) is 5.39. The van der Waals surface area contributed by atoms with Crippen LogP contribution in [0.2, 0.25) is 0 Å². The lowest BCUT2D eigenvalue weighted by Gasteiger charge is -2.16. The Hall–Kier alpha value is -2.74. The molecule has 0 spiro atoms. The fraction of sp³-hybridized carbons (Fsp3) is 0.400. The van der Waals surface area contributed by atoms with Gasteiger partial charge in [-0.15, -0.1) is 11.3 Å². The minimum Gasteiger partial charge on any atom is -0.466 e. The molecule has 8 heteroatoms. The number of carbonyl (C=O) groups excluding carboxylic acids is 3. The van der Waals surface area contributed by atoms with Gasteiger partial charge in [0.1, 0.15) is 0 Å². The van der Waals surface area contributed by atoms with Crippen molar-refractivity contribution in [3.63, 3.8) is 0 Å². The number of aromatic nitrogens is 1. The highest BCUT2D eigenvalue weighted by Crippen LogP contribution is 2.22. The van der Waals surface area contributed by atoms with Crippen molar-refractivity contribution >= 4 is 34.3 Å². The van der Waals surface area contributed by atoms with Gasteiger partial charge in [-0.3, -0.25) is 14.4 Å². The first-order valence-electron chi connectivity index (χ1n) is 9.27. The van der Waals surface area contributed by atoms with E-state index in [1.54, 1.807) is 17.2 Å². The van der Waals surface area contributed by atoms with Crippen molar-refractivity contribution in [1.29, 1.82) is 0 Å². The summed E-state index contributed by atoms with van der Waals surface area (Å²) in [6.07, 6.45) is 1.06. The fourth-order valence-electron chi connectivity index (χ4n) is 3.09. The summed E-state index contributed by atoms with van der Waals surface area (Å²) < 4.78 is 4.89. The maximum Gasteiger partial charge on any atom is 0.311 e. The first-order chi connectivity index (χ1) is 13.5. The third-order valence-electron chi connectivity index (χ3n) is 4.51. The van der Waals surface area contributed by atoms with E-state index in [1.807, 2.05) is 30.3 Å². The Morgan fingerprint density at radius 3 is 2.86 bits per heavy atom. The Balaban J connectivity index is 1.49. The average molecular weight is 401 g/mol. The van der Waals surface area contributed by atoms with Gasteiger partial charge >= 0.3 is 5.97 Å². The van der Waals surface area contributed by atoms with E-state index >= 15 is 0 Å². The second kappa shape index (κ2) is 9.45. The van der Waals surface area contributed by atoms with Crippen molar-refractivity contribution in [3.05, 3.63) is 47.0 Å². The summed E-state index contributed by atoms with van der Waals surface area (Å²) in [5, 5.41) is 4.91. The first kappa shape index (κ1) is 20.0. The van der Waals surface area contributed by atoms with Crippen molar-refractivity contribution in [2.24, 2.45) is 5.92 Å². The molecular formula is C20H23N3O4S. The maximum atomic E-state index is 12.5. The molecule has 3 rings (SSSR count). The van der Waals surface area contributed by atoms with E-state index in [1.165, 1.54) is 16.9 Å². The number of carbonyl (C=O) groups is 3. The van der Waals surface area contributed by atoms with Crippen LogP contribution in [0.1, 0.15) is 24.6 Å². The molecule has 1 aliphatic heterocycles. The van der Waals surface area contributed by atoms with Gasteiger partial charge in [0.25, 0.3) is 0 Å². The minimum absolute atomic E-state index is 0.00165. The van der Waals surface area contributed by atoms with Crippen LogP contribution in [0.3, 0.4) is 0 Å². The van der Waals surface area contributed by atoms with Gasteiger partial charge in [0.15, 0.2) is 5.13 Å². The summed E-state index contributed by atoms with van der Waals surface area (Å²) in [6.45, 7) is 3.09. The second-order valence-electron chi connectivity index (χ2n) is 6.59. The molecule has 2 amide bonds. The van der Waals surface area contributed by atoms with Gasteiger partial charge in [-0.2, -0.15) is 0 Å². The maximum absolute atomic E-state index is 12.5. The summed E-state index contributed by atoms with van der Waals surface area (Å²) in [7, 11) is 0. The number of hydrogen-bond acceptors (Lipinski definition) is 6. The molecule has 1 fully saturated rings. The molecule has 1 aromatic heterocycles. The summed E-state index contributed by atoms with van der Waals surface area (Å²) in [5.74, 6) is -0.951. The number of benzene rings is 1. The largest absolute Gasteiger partial charge is 0.466 e. The van der Waals surface area contributed by atoms with Crippen molar-refractivity contribution < 1.29 is 19.1 Å². The normalized spacial score (nSPS) is 16.2. The van der Waals surface area contributed by atoms with Crippen LogP contribution in [0.15, 0.2) is 35.7 Å². The van der Waals surface area contributed by atoms with Crippen LogP contribution >= 0.6 is 11.3 Å². The number of likely N-dealkylation sites (tertiary alicyclic amines) is 1. The van der Waals surface area contributed by atoms with Crippen LogP contribution in [-0.2, 0) is 32.0 Å². The van der Waals surface area contributed by atoms with E-state index in [9.17, 15) is 14.4 Å². The van der Waals surface area contributed by atoms with Crippen molar-refractivity contribution in [2.75, 3.05) is 25.0 Å². The number of nitrogens with zero attached hydrogens (tertiary/aromatic N) is 2. The van der Waals surface area contributed by atoms with Gasteiger partial charge in [0.05, 0.1) is 24.6 Å². The smallest absolute Gasteiger partial charge is 0.311 e. The molecule has 2 heterocycles. The highest BCUT2D eigenvalue weighted by Gasteiger charge is 2.34. The zero-order chi connectivity index (χ0) is 19.9. The number of hydrogen-bond donors (Lipinski definition) is 1. The van der Waals surface area contributed by atoms with Crippen LogP contribution in [0.25, 0.3) is 0 Å². The predicted molar refractivity (Wildman–Crippen MR) is 106 cm³/mol. The molecular weight excluding hydrogens is 378 g/mol. The van der Waals surface area contributed by atoms with E-state index in [2.05, 4.69) is 10.3 Å². The Labute approximate surface area is 167 Å². The molecule has 1 aliphatic rings. The van der Waals surface area contributed by atoms with Gasteiger partial charge in [-0.25, -0.2) is 4.98 Å². The van der Waals surface area contributed by atoms with E-state index in [0.717, 1.165) is 6.42 Å². The first-order valence-corrected chi connectivity index (χ1v) is 10.2. The quantitative estimate of drug-likeness (QED) is 0.686. The summed E-state index contributed by atoms with van der Waals surface area (Å²) in [4.78, 5) is 42.2. The molecule has 28 heavy (non-hydrogen) atoms. The van der Waals surface area contributed by atoms with Gasteiger partial charge in [0, 0.05) is 24.9 Å². The molecule has 0 radical (unpaired) electrons. The highest BCUT2D eigenvalue weighted by molar-refractivity contribution is 7.13. The molecule has 0 aliphatic carbocycles. The standard InChI is InChI=1S/C20H23N3O4S/c1-2-27-18(25)11-16-13-28-20(21-16)22-19(26)15-10-17(24)23(12-15)9-8-14-6-4-3-5-7-14/h3-7,13,15H,2,8-12H2,1H3,(H,21,22,26). The number of thiazole rings is 1. The number of ether oxygens (including phenoxy) is 1. The number of nitrogens with one attached hydrogen (secondary N) is 1. The monoisotopic (exact) mass is 401 g/mol. The zero-order valence-corrected chi connectivity index (χ0v) is 16.5. The van der Waals surface area contributed by atoms with Crippen molar-refractivity contribution in [1.82, 2.24) is 9.88 Å². The molecule has 1 N–H and O–H groups in total. The molecule has 148 valence electrons. The fourth-order valence-corrected chi connectivity index (χ4v) is 3.80. The lowest BCUT2D eigenvalue weighted by Crippen LogP contribution is -2.30. The highest BCUT2D eigenvalue weighted by atomic mass is 32.1. The Morgan fingerprint density at radius 2 is 2.11 bits per heavy atom. The van der Waals surface area contributed by atoms with E-state index in [0.29, 0.717) is 30.5 Å². The molecule has 1 atom stereocenters. The predicted octanol–water partition coefficient (Wildman–Crippen LogP) is 2.28. The third-order valence-corrected chi connectivity index (χ3v) is 5.32. The van der Waals surface area contributed by atoms with Gasteiger partial charge in [-0.05, 0) is 18.9 Å². The summed E-state index contributed by atoms with van der Waals surface area (Å²) in [6, 6.07) is 9.97. The number of amides is 2. The minimum atomic E-state index is -0.388. The average Bonchev–Trinajstić information content (AvgIpc) is 3.27. The van der Waals surface area contributed by atoms with E-state index in [-0.39, 0.29) is 36.5 Å².